The molecule has 0 unspecified atom stereocenters. The Bertz CT molecular complexity index is 924. The largest absolute Gasteiger partial charge is 0.466 e. The topological polar surface area (TPSA) is 76.1 Å². The van der Waals surface area contributed by atoms with Gasteiger partial charge in [-0.2, -0.15) is 0 Å². The van der Waals surface area contributed by atoms with E-state index in [0.717, 1.165) is 110 Å². The van der Waals surface area contributed by atoms with E-state index in [1.807, 2.05) is 0 Å². The van der Waals surface area contributed by atoms with E-state index in [1.165, 1.54) is 109 Å². The fourth-order valence-electron chi connectivity index (χ4n) is 7.94. The predicted octanol–water partition coefficient (Wildman–Crippen LogP) is 14.4. The number of unbranched alkanes of at least 4 members (excludes halogenated alkanes) is 21. The van der Waals surface area contributed by atoms with Crippen LogP contribution in [0.4, 0.5) is 0 Å². The number of carbonyl (C=O) groups excluding carboxylic acids is 3. The van der Waals surface area contributed by atoms with Gasteiger partial charge >= 0.3 is 11.9 Å². The van der Waals surface area contributed by atoms with Gasteiger partial charge in [0.25, 0.3) is 0 Å². The number of esters is 2. The molecular formula is C51H100N2O5. The molecule has 0 aromatic rings. The van der Waals surface area contributed by atoms with Crippen LogP contribution in [0.3, 0.4) is 0 Å². The summed E-state index contributed by atoms with van der Waals surface area (Å²) in [7, 11) is 4.21. The lowest BCUT2D eigenvalue weighted by atomic mass is 9.84. The molecule has 0 rings (SSSR count). The lowest BCUT2D eigenvalue weighted by molar-refractivity contribution is -0.146. The van der Waals surface area contributed by atoms with Gasteiger partial charge < -0.3 is 19.3 Å². The summed E-state index contributed by atoms with van der Waals surface area (Å²) in [5, 5.41) is 0. The minimum Gasteiger partial charge on any atom is -0.466 e. The van der Waals surface area contributed by atoms with Crippen LogP contribution < -0.4 is 0 Å². The highest BCUT2D eigenvalue weighted by Gasteiger charge is 2.20. The number of carbonyl (C=O) groups is 3. The van der Waals surface area contributed by atoms with Crippen molar-refractivity contribution in [3.8, 4) is 0 Å². The highest BCUT2D eigenvalue weighted by Crippen LogP contribution is 2.28. The molecule has 0 saturated carbocycles. The number of hydrogen-bond donors (Lipinski definition) is 0. The van der Waals surface area contributed by atoms with Crippen LogP contribution >= 0.6 is 0 Å². The van der Waals surface area contributed by atoms with E-state index in [9.17, 15) is 14.4 Å². The van der Waals surface area contributed by atoms with Gasteiger partial charge in [-0.1, -0.05) is 169 Å². The van der Waals surface area contributed by atoms with Crippen LogP contribution in [0.1, 0.15) is 253 Å². The van der Waals surface area contributed by atoms with Gasteiger partial charge in [0.05, 0.1) is 13.2 Å². The van der Waals surface area contributed by atoms with Gasteiger partial charge in [0.2, 0.25) is 5.91 Å². The standard InChI is InChI=1S/C51H100N2O5/c1-8-11-14-17-18-22-29-38-49(55)57-45-41-51(4,5)40-31-34-44-53(48(54)37-28-25-32-42-52(6)7)43-33-24-19-23-30-39-50(56)58-46-47(35-26-20-15-12-9-2)36-27-21-16-13-10-3/h47H,8-46H2,1-7H3. The molecule has 0 saturated heterocycles. The highest BCUT2D eigenvalue weighted by atomic mass is 16.5. The van der Waals surface area contributed by atoms with Crippen molar-refractivity contribution in [2.24, 2.45) is 11.3 Å². The Labute approximate surface area is 361 Å². The monoisotopic (exact) mass is 821 g/mol. The van der Waals surface area contributed by atoms with Crippen LogP contribution in [0, 0.1) is 11.3 Å². The van der Waals surface area contributed by atoms with Crippen LogP contribution in [-0.2, 0) is 23.9 Å². The molecule has 0 aliphatic rings. The third-order valence-corrected chi connectivity index (χ3v) is 12.1. The van der Waals surface area contributed by atoms with Gasteiger partial charge in [-0.15, -0.1) is 0 Å². The molecule has 58 heavy (non-hydrogen) atoms. The second-order valence-electron chi connectivity index (χ2n) is 18.9. The molecule has 0 aromatic carbocycles. The van der Waals surface area contributed by atoms with Crippen molar-refractivity contribution in [3.63, 3.8) is 0 Å². The fraction of sp³-hybridized carbons (Fsp3) is 0.941. The number of nitrogens with zero attached hydrogens (tertiary/aromatic N) is 2. The molecule has 0 heterocycles. The molecule has 0 aliphatic heterocycles. The van der Waals surface area contributed by atoms with E-state index < -0.39 is 0 Å². The zero-order chi connectivity index (χ0) is 43.0. The maximum absolute atomic E-state index is 13.4. The first-order chi connectivity index (χ1) is 28.0. The first kappa shape index (κ1) is 56.4. The summed E-state index contributed by atoms with van der Waals surface area (Å²) >= 11 is 0. The average Bonchev–Trinajstić information content (AvgIpc) is 3.19. The molecular weight excluding hydrogens is 721 g/mol. The molecule has 0 radical (unpaired) electrons. The Kier molecular flexibility index (Phi) is 39.6. The number of ether oxygens (including phenoxy) is 2. The fourth-order valence-corrected chi connectivity index (χ4v) is 7.94. The summed E-state index contributed by atoms with van der Waals surface area (Å²) in [6, 6.07) is 0. The van der Waals surface area contributed by atoms with Crippen LogP contribution in [0.15, 0.2) is 0 Å². The second-order valence-corrected chi connectivity index (χ2v) is 18.9. The van der Waals surface area contributed by atoms with Gasteiger partial charge in [-0.25, -0.2) is 0 Å². The van der Waals surface area contributed by atoms with Gasteiger partial charge in [0.1, 0.15) is 0 Å². The van der Waals surface area contributed by atoms with Gasteiger partial charge in [-0.05, 0) is 96.2 Å². The van der Waals surface area contributed by atoms with E-state index in [-0.39, 0.29) is 17.4 Å². The van der Waals surface area contributed by atoms with E-state index in [1.54, 1.807) is 0 Å². The lowest BCUT2D eigenvalue weighted by Crippen LogP contribution is -2.33. The van der Waals surface area contributed by atoms with Crippen LogP contribution in [0.5, 0.6) is 0 Å². The summed E-state index contributed by atoms with van der Waals surface area (Å²) in [5.74, 6) is 0.754. The molecule has 0 fully saturated rings. The Balaban J connectivity index is 4.55. The summed E-state index contributed by atoms with van der Waals surface area (Å²) in [5.41, 5.74) is 0.108. The molecule has 0 aromatic heterocycles. The van der Waals surface area contributed by atoms with Gasteiger partial charge in [0.15, 0.2) is 0 Å². The van der Waals surface area contributed by atoms with Crippen molar-refractivity contribution in [2.45, 2.75) is 253 Å². The van der Waals surface area contributed by atoms with Crippen molar-refractivity contribution in [2.75, 3.05) is 46.9 Å². The Hall–Kier alpha value is -1.63. The molecule has 0 aliphatic carbocycles. The van der Waals surface area contributed by atoms with Gasteiger partial charge in [-0.3, -0.25) is 14.4 Å². The maximum Gasteiger partial charge on any atom is 0.305 e. The Morgan fingerprint density at radius 3 is 1.41 bits per heavy atom. The molecule has 7 heteroatoms. The van der Waals surface area contributed by atoms with Crippen molar-refractivity contribution < 1.29 is 23.9 Å². The second kappa shape index (κ2) is 40.8. The first-order valence-electron chi connectivity index (χ1n) is 25.3. The lowest BCUT2D eigenvalue weighted by Gasteiger charge is -2.26. The predicted molar refractivity (Wildman–Crippen MR) is 248 cm³/mol. The Morgan fingerprint density at radius 2 is 0.879 bits per heavy atom. The molecule has 1 amide bonds. The van der Waals surface area contributed by atoms with Crippen LogP contribution in [0.25, 0.3) is 0 Å². The van der Waals surface area contributed by atoms with Crippen molar-refractivity contribution >= 4 is 17.8 Å². The van der Waals surface area contributed by atoms with Crippen molar-refractivity contribution in [1.29, 1.82) is 0 Å². The molecule has 0 atom stereocenters. The Morgan fingerprint density at radius 1 is 0.466 bits per heavy atom. The summed E-state index contributed by atoms with van der Waals surface area (Å²) in [6.07, 6.45) is 37.8. The molecule has 0 N–H and O–H groups in total. The molecule has 344 valence electrons. The third-order valence-electron chi connectivity index (χ3n) is 12.1. The smallest absolute Gasteiger partial charge is 0.305 e. The first-order valence-corrected chi connectivity index (χ1v) is 25.3. The van der Waals surface area contributed by atoms with E-state index in [2.05, 4.69) is 58.5 Å². The zero-order valence-electron chi connectivity index (χ0n) is 40.1. The highest BCUT2D eigenvalue weighted by molar-refractivity contribution is 5.76. The van der Waals surface area contributed by atoms with Gasteiger partial charge in [0, 0.05) is 32.4 Å². The SMILES string of the molecule is CCCCCCCCCC(=O)OCCC(C)(C)CCCCN(CCCCCCCC(=O)OCC(CCCCCCC)CCCCCCC)C(=O)CCCCCN(C)C. The average molecular weight is 821 g/mol. The minimum absolute atomic E-state index is 0.0210. The zero-order valence-corrected chi connectivity index (χ0v) is 40.1. The van der Waals surface area contributed by atoms with Crippen LogP contribution in [-0.4, -0.2) is 74.6 Å². The molecule has 7 nitrogen and oxygen atoms in total. The van der Waals surface area contributed by atoms with Crippen LogP contribution in [0.2, 0.25) is 0 Å². The molecule has 0 bridgehead atoms. The van der Waals surface area contributed by atoms with Crippen molar-refractivity contribution in [3.05, 3.63) is 0 Å². The number of amides is 1. The quantitative estimate of drug-likeness (QED) is 0.0450. The van der Waals surface area contributed by atoms with E-state index >= 15 is 0 Å². The maximum atomic E-state index is 13.4. The number of rotatable bonds is 44. The minimum atomic E-state index is -0.0476. The third kappa shape index (κ3) is 38.6. The van der Waals surface area contributed by atoms with E-state index in [0.29, 0.717) is 44.3 Å². The summed E-state index contributed by atoms with van der Waals surface area (Å²) in [4.78, 5) is 42.6. The number of hydrogen-bond acceptors (Lipinski definition) is 6. The summed E-state index contributed by atoms with van der Waals surface area (Å²) < 4.78 is 11.4. The molecule has 0 spiro atoms. The normalized spacial score (nSPS) is 11.8. The van der Waals surface area contributed by atoms with Crippen molar-refractivity contribution in [1.82, 2.24) is 9.80 Å². The summed E-state index contributed by atoms with van der Waals surface area (Å²) in [6.45, 7) is 15.1. The van der Waals surface area contributed by atoms with E-state index in [4.69, 9.17) is 9.47 Å².